The Bertz CT molecular complexity index is 593. The van der Waals surface area contributed by atoms with E-state index in [1.165, 1.54) is 34.5 Å². The zero-order valence-electron chi connectivity index (χ0n) is 14.1. The topological polar surface area (TPSA) is 52.5 Å². The first-order valence-electron chi connectivity index (χ1n) is 9.07. The second-order valence-electron chi connectivity index (χ2n) is 6.87. The van der Waals surface area contributed by atoms with Crippen molar-refractivity contribution in [2.75, 3.05) is 46.5 Å². The maximum atomic E-state index is 8.54. The predicted octanol–water partition coefficient (Wildman–Crippen LogP) is -0.799. The maximum absolute atomic E-state index is 8.54. The number of halogens is 1. The van der Waals surface area contributed by atoms with E-state index in [4.69, 9.17) is 15.1 Å². The number of amidine groups is 1. The number of ether oxygens (including phenoxy) is 1. The zero-order chi connectivity index (χ0) is 16.4. The third kappa shape index (κ3) is 3.78. The van der Waals surface area contributed by atoms with Crippen molar-refractivity contribution in [3.05, 3.63) is 17.8 Å². The fourth-order valence-electron chi connectivity index (χ4n) is 3.27. The first kappa shape index (κ1) is 16.4. The Kier molecular flexibility index (Phi) is 5.10. The number of alkyl halides is 2. The summed E-state index contributed by atoms with van der Waals surface area (Å²) in [7, 11) is 0. The van der Waals surface area contributed by atoms with Crippen molar-refractivity contribution >= 4 is 11.5 Å². The Morgan fingerprint density at radius 3 is 2.62 bits per heavy atom. The second kappa shape index (κ2) is 7.45. The Morgan fingerprint density at radius 2 is 1.92 bits per heavy atom. The summed E-state index contributed by atoms with van der Waals surface area (Å²) in [5, 5.41) is 8.54. The molecule has 0 atom stereocenters. The number of aromatic nitrogens is 1. The molecule has 1 saturated carbocycles. The van der Waals surface area contributed by atoms with Crippen LogP contribution in [0.5, 0.6) is 5.88 Å². The first-order chi connectivity index (χ1) is 11.8. The number of anilines is 1. The van der Waals surface area contributed by atoms with E-state index >= 15 is 0 Å². The molecule has 1 aromatic heterocycles. The van der Waals surface area contributed by atoms with E-state index in [0.29, 0.717) is 33.0 Å². The van der Waals surface area contributed by atoms with Crippen LogP contribution in [0.4, 0.5) is 5.69 Å². The van der Waals surface area contributed by atoms with E-state index in [2.05, 4.69) is 15.9 Å². The van der Waals surface area contributed by atoms with Crippen LogP contribution in [0.3, 0.4) is 0 Å². The van der Waals surface area contributed by atoms with Crippen molar-refractivity contribution in [1.82, 2.24) is 9.88 Å². The van der Waals surface area contributed by atoms with Crippen LogP contribution in [0.2, 0.25) is 0 Å². The quantitative estimate of drug-likeness (QED) is 0.282. The average molecular weight is 441 g/mol. The summed E-state index contributed by atoms with van der Waals surface area (Å²) in [6.45, 7) is 5.01. The van der Waals surface area contributed by atoms with Crippen LogP contribution in [-0.4, -0.2) is 57.4 Å². The van der Waals surface area contributed by atoms with E-state index in [-0.39, 0.29) is 0 Å². The van der Waals surface area contributed by atoms with Gasteiger partial charge in [-0.2, -0.15) is 0 Å². The molecule has 3 aliphatic rings. The Hall–Kier alpha value is -1.05. The third-order valence-corrected chi connectivity index (χ3v) is 7.47. The van der Waals surface area contributed by atoms with Crippen LogP contribution in [-0.2, 0) is 0 Å². The van der Waals surface area contributed by atoms with Crippen molar-refractivity contribution in [1.29, 1.82) is 5.41 Å². The van der Waals surface area contributed by atoms with Gasteiger partial charge in [0.05, 0.1) is 0 Å². The van der Waals surface area contributed by atoms with Crippen molar-refractivity contribution < 1.29 is 25.9 Å². The van der Waals surface area contributed by atoms with Crippen LogP contribution < -0.4 is 30.8 Å². The molecule has 3 fully saturated rings. The molecule has 3 heterocycles. The molecule has 5 nitrogen and oxygen atoms in total. The van der Waals surface area contributed by atoms with E-state index in [1.807, 2.05) is 6.07 Å². The summed E-state index contributed by atoms with van der Waals surface area (Å²) < 4.78 is 8.67. The molecule has 0 radical (unpaired) electrons. The van der Waals surface area contributed by atoms with Gasteiger partial charge in [0, 0.05) is 0 Å². The van der Waals surface area contributed by atoms with E-state index in [1.54, 1.807) is 0 Å². The summed E-state index contributed by atoms with van der Waals surface area (Å²) in [5.41, 5.74) is 1.89. The SMILES string of the molecule is N=C(c1ccc(N2CCCC2)c(OCC2CC2)n1)N1CC[I-]CC1. The van der Waals surface area contributed by atoms with Gasteiger partial charge in [0.25, 0.3) is 0 Å². The molecular weight excluding hydrogens is 415 g/mol. The molecular formula is C18H26IN4O-. The van der Waals surface area contributed by atoms with Gasteiger partial charge in [0.2, 0.25) is 0 Å². The molecule has 24 heavy (non-hydrogen) atoms. The van der Waals surface area contributed by atoms with Crippen LogP contribution in [0.25, 0.3) is 0 Å². The molecule has 2 aliphatic heterocycles. The summed E-state index contributed by atoms with van der Waals surface area (Å²) in [6.07, 6.45) is 5.06. The fourth-order valence-corrected chi connectivity index (χ4v) is 5.65. The number of rotatable bonds is 5. The molecule has 2 saturated heterocycles. The number of nitrogens with zero attached hydrogens (tertiary/aromatic N) is 3. The molecule has 1 aliphatic carbocycles. The Labute approximate surface area is 154 Å². The fraction of sp³-hybridized carbons (Fsp3) is 0.667. The number of hydrogen-bond donors (Lipinski definition) is 1. The molecule has 0 amide bonds. The van der Waals surface area contributed by atoms with Crippen molar-refractivity contribution in [3.8, 4) is 5.88 Å². The van der Waals surface area contributed by atoms with Crippen LogP contribution in [0.1, 0.15) is 31.4 Å². The standard InChI is InChI=1S/C18H26IN4O/c20-17(23-11-7-19-8-12-23)15-5-6-16(22-9-1-2-10-22)18(21-15)24-13-14-3-4-14/h5-6,14,20H,1-4,7-13H2/q-1. The molecule has 6 heteroatoms. The van der Waals surface area contributed by atoms with Gasteiger partial charge in [-0.25, -0.2) is 0 Å². The Morgan fingerprint density at radius 1 is 1.17 bits per heavy atom. The number of hydrogen-bond acceptors (Lipinski definition) is 4. The van der Waals surface area contributed by atoms with Gasteiger partial charge in [-0.3, -0.25) is 0 Å². The van der Waals surface area contributed by atoms with Crippen LogP contribution in [0.15, 0.2) is 12.1 Å². The first-order valence-corrected chi connectivity index (χ1v) is 12.1. The van der Waals surface area contributed by atoms with Gasteiger partial charge in [0.15, 0.2) is 0 Å². The summed E-state index contributed by atoms with van der Waals surface area (Å²) in [6, 6.07) is 4.14. The number of pyridine rings is 1. The average Bonchev–Trinajstić information content (AvgIpc) is 3.31. The van der Waals surface area contributed by atoms with Gasteiger partial charge in [-0.05, 0) is 0 Å². The molecule has 4 rings (SSSR count). The molecule has 0 unspecified atom stereocenters. The summed E-state index contributed by atoms with van der Waals surface area (Å²) in [4.78, 5) is 9.34. The van der Waals surface area contributed by atoms with Crippen molar-refractivity contribution in [2.45, 2.75) is 25.7 Å². The molecule has 1 aromatic rings. The van der Waals surface area contributed by atoms with Gasteiger partial charge in [0.1, 0.15) is 0 Å². The Balaban J connectivity index is 1.55. The third-order valence-electron chi connectivity index (χ3n) is 4.97. The minimum absolute atomic E-state index is 0.377. The molecule has 132 valence electrons. The van der Waals surface area contributed by atoms with Crippen LogP contribution in [0, 0.1) is 11.3 Å². The minimum atomic E-state index is 0.377. The molecule has 0 bridgehead atoms. The summed E-state index contributed by atoms with van der Waals surface area (Å²) in [5.74, 6) is 2.03. The van der Waals surface area contributed by atoms with Gasteiger partial charge < -0.3 is 0 Å². The summed E-state index contributed by atoms with van der Waals surface area (Å²) >= 11 is 0.377. The second-order valence-corrected chi connectivity index (χ2v) is 10.1. The van der Waals surface area contributed by atoms with Gasteiger partial charge >= 0.3 is 155 Å². The van der Waals surface area contributed by atoms with E-state index in [9.17, 15) is 0 Å². The van der Waals surface area contributed by atoms with Crippen molar-refractivity contribution in [3.63, 3.8) is 0 Å². The molecule has 1 N–H and O–H groups in total. The monoisotopic (exact) mass is 441 g/mol. The van der Waals surface area contributed by atoms with E-state index < -0.39 is 0 Å². The van der Waals surface area contributed by atoms with Gasteiger partial charge in [-0.1, -0.05) is 0 Å². The van der Waals surface area contributed by atoms with Crippen LogP contribution >= 0.6 is 0 Å². The van der Waals surface area contributed by atoms with Crippen molar-refractivity contribution in [2.24, 2.45) is 5.92 Å². The van der Waals surface area contributed by atoms with Gasteiger partial charge in [-0.15, -0.1) is 0 Å². The number of nitrogens with one attached hydrogen (secondary N) is 1. The van der Waals surface area contributed by atoms with E-state index in [0.717, 1.165) is 50.0 Å². The zero-order valence-corrected chi connectivity index (χ0v) is 16.3. The molecule has 0 spiro atoms. The molecule has 0 aromatic carbocycles. The predicted molar refractivity (Wildman–Crippen MR) is 92.0 cm³/mol. The normalized spacial score (nSPS) is 21.5.